The molecule has 0 saturated carbocycles. The van der Waals surface area contributed by atoms with E-state index >= 15 is 0 Å². The molecule has 138 valence electrons. The number of hydrogen-bond donors (Lipinski definition) is 1. The normalized spacial score (nSPS) is 15.3. The summed E-state index contributed by atoms with van der Waals surface area (Å²) in [7, 11) is 1.93. The lowest BCUT2D eigenvalue weighted by molar-refractivity contribution is -0.117. The summed E-state index contributed by atoms with van der Waals surface area (Å²) in [6.07, 6.45) is 2.52. The molecular formula is C21H26ClN3O. The van der Waals surface area contributed by atoms with E-state index in [1.807, 2.05) is 48.3 Å². The van der Waals surface area contributed by atoms with E-state index < -0.39 is 0 Å². The zero-order valence-electron chi connectivity index (χ0n) is 15.4. The minimum atomic E-state index is -0.0275. The third-order valence-corrected chi connectivity index (χ3v) is 5.38. The smallest absolute Gasteiger partial charge is 0.238 e. The van der Waals surface area contributed by atoms with E-state index in [1.165, 1.54) is 18.5 Å². The molecule has 0 spiro atoms. The Labute approximate surface area is 160 Å². The molecule has 1 fully saturated rings. The fourth-order valence-corrected chi connectivity index (χ4v) is 3.64. The number of rotatable bonds is 6. The van der Waals surface area contributed by atoms with Crippen molar-refractivity contribution in [3.8, 4) is 0 Å². The first-order valence-electron chi connectivity index (χ1n) is 9.14. The molecular weight excluding hydrogens is 346 g/mol. The molecule has 2 aromatic carbocycles. The Morgan fingerprint density at radius 3 is 2.46 bits per heavy atom. The first-order chi connectivity index (χ1) is 12.5. The second-order valence-electron chi connectivity index (χ2n) is 6.90. The van der Waals surface area contributed by atoms with Crippen LogP contribution in [-0.4, -0.2) is 37.5 Å². The summed E-state index contributed by atoms with van der Waals surface area (Å²) in [5.74, 6) is -0.0275. The molecule has 3 rings (SSSR count). The Morgan fingerprint density at radius 1 is 1.15 bits per heavy atom. The molecule has 1 unspecified atom stereocenters. The average Bonchev–Trinajstić information content (AvgIpc) is 3.16. The number of hydrogen-bond acceptors (Lipinski definition) is 3. The van der Waals surface area contributed by atoms with E-state index in [1.54, 1.807) is 0 Å². The zero-order chi connectivity index (χ0) is 18.5. The first-order valence-corrected chi connectivity index (χ1v) is 9.52. The van der Waals surface area contributed by atoms with Crippen molar-refractivity contribution in [1.82, 2.24) is 4.90 Å². The van der Waals surface area contributed by atoms with Gasteiger partial charge < -0.3 is 10.2 Å². The van der Waals surface area contributed by atoms with Gasteiger partial charge in [-0.15, -0.1) is 0 Å². The number of amides is 1. The summed E-state index contributed by atoms with van der Waals surface area (Å²) in [5.41, 5.74) is 3.08. The minimum absolute atomic E-state index is 0.0275. The molecule has 4 nitrogen and oxygen atoms in total. The van der Waals surface area contributed by atoms with Crippen LogP contribution in [0.15, 0.2) is 48.5 Å². The summed E-state index contributed by atoms with van der Waals surface area (Å²) in [5, 5.41) is 3.71. The third-order valence-electron chi connectivity index (χ3n) is 5.03. The van der Waals surface area contributed by atoms with Gasteiger partial charge in [0.15, 0.2) is 0 Å². The maximum Gasteiger partial charge on any atom is 0.238 e. The monoisotopic (exact) mass is 371 g/mol. The molecule has 0 bridgehead atoms. The van der Waals surface area contributed by atoms with Gasteiger partial charge >= 0.3 is 0 Å². The lowest BCUT2D eigenvalue weighted by atomic mass is 10.1. The number of nitrogens with one attached hydrogen (secondary N) is 1. The standard InChI is InChI=1S/C21H26ClN3O/c1-16(19-7-3-4-8-20(19)22)24(2)15-21(26)23-17-9-11-18(12-10-17)25-13-5-6-14-25/h3-4,7-12,16H,5-6,13-15H2,1-2H3,(H,23,26). The second-order valence-corrected chi connectivity index (χ2v) is 7.31. The van der Waals surface area contributed by atoms with E-state index in [-0.39, 0.29) is 11.9 Å². The summed E-state index contributed by atoms with van der Waals surface area (Å²) >= 11 is 6.27. The first kappa shape index (κ1) is 18.7. The molecule has 5 heteroatoms. The van der Waals surface area contributed by atoms with Crippen LogP contribution in [0.5, 0.6) is 0 Å². The molecule has 1 atom stereocenters. The van der Waals surface area contributed by atoms with Crippen molar-refractivity contribution in [1.29, 1.82) is 0 Å². The van der Waals surface area contributed by atoms with E-state index in [0.29, 0.717) is 6.54 Å². The highest BCUT2D eigenvalue weighted by Crippen LogP contribution is 2.26. The van der Waals surface area contributed by atoms with Crippen LogP contribution in [0, 0.1) is 0 Å². The number of anilines is 2. The van der Waals surface area contributed by atoms with Crippen LogP contribution in [0.1, 0.15) is 31.4 Å². The molecule has 0 radical (unpaired) electrons. The van der Waals surface area contributed by atoms with Gasteiger partial charge in [0.25, 0.3) is 0 Å². The predicted octanol–water partition coefficient (Wildman–Crippen LogP) is 4.57. The van der Waals surface area contributed by atoms with Gasteiger partial charge in [0.1, 0.15) is 0 Å². The van der Waals surface area contributed by atoms with Crippen molar-refractivity contribution in [2.75, 3.05) is 36.9 Å². The maximum atomic E-state index is 12.4. The zero-order valence-corrected chi connectivity index (χ0v) is 16.2. The van der Waals surface area contributed by atoms with Gasteiger partial charge in [-0.25, -0.2) is 0 Å². The highest BCUT2D eigenvalue weighted by atomic mass is 35.5. The van der Waals surface area contributed by atoms with Crippen LogP contribution in [0.4, 0.5) is 11.4 Å². The number of likely N-dealkylation sites (N-methyl/N-ethyl adjacent to an activating group) is 1. The summed E-state index contributed by atoms with van der Waals surface area (Å²) in [6.45, 7) is 4.60. The summed E-state index contributed by atoms with van der Waals surface area (Å²) < 4.78 is 0. The van der Waals surface area contributed by atoms with Crippen molar-refractivity contribution in [2.24, 2.45) is 0 Å². The van der Waals surface area contributed by atoms with Gasteiger partial charge in [-0.2, -0.15) is 0 Å². The SMILES string of the molecule is CC(c1ccccc1Cl)N(C)CC(=O)Nc1ccc(N2CCCC2)cc1. The van der Waals surface area contributed by atoms with Gasteiger partial charge in [0.2, 0.25) is 5.91 Å². The molecule has 26 heavy (non-hydrogen) atoms. The lowest BCUT2D eigenvalue weighted by Crippen LogP contribution is -2.32. The summed E-state index contributed by atoms with van der Waals surface area (Å²) in [6, 6.07) is 15.9. The maximum absolute atomic E-state index is 12.4. The molecule has 1 N–H and O–H groups in total. The average molecular weight is 372 g/mol. The van der Waals surface area contributed by atoms with Crippen molar-refractivity contribution in [3.05, 3.63) is 59.1 Å². The highest BCUT2D eigenvalue weighted by molar-refractivity contribution is 6.31. The van der Waals surface area contributed by atoms with E-state index in [2.05, 4.69) is 29.3 Å². The molecule has 0 aromatic heterocycles. The Morgan fingerprint density at radius 2 is 1.81 bits per heavy atom. The van der Waals surface area contributed by atoms with E-state index in [4.69, 9.17) is 11.6 Å². The van der Waals surface area contributed by atoms with Crippen molar-refractivity contribution >= 4 is 28.9 Å². The fourth-order valence-electron chi connectivity index (χ4n) is 3.35. The largest absolute Gasteiger partial charge is 0.372 e. The van der Waals surface area contributed by atoms with Gasteiger partial charge in [-0.1, -0.05) is 29.8 Å². The third kappa shape index (κ3) is 4.57. The van der Waals surface area contributed by atoms with Gasteiger partial charge in [0.05, 0.1) is 6.54 Å². The fraction of sp³-hybridized carbons (Fsp3) is 0.381. The molecule has 2 aromatic rings. The summed E-state index contributed by atoms with van der Waals surface area (Å²) in [4.78, 5) is 16.8. The van der Waals surface area contributed by atoms with Gasteiger partial charge in [-0.05, 0) is 62.7 Å². The van der Waals surface area contributed by atoms with Gasteiger partial charge in [-0.3, -0.25) is 9.69 Å². The Balaban J connectivity index is 1.55. The highest BCUT2D eigenvalue weighted by Gasteiger charge is 2.17. The van der Waals surface area contributed by atoms with Crippen LogP contribution >= 0.6 is 11.6 Å². The van der Waals surface area contributed by atoms with Crippen molar-refractivity contribution in [3.63, 3.8) is 0 Å². The quantitative estimate of drug-likeness (QED) is 0.807. The number of benzene rings is 2. The predicted molar refractivity (Wildman–Crippen MR) is 109 cm³/mol. The molecule has 1 saturated heterocycles. The number of carbonyl (C=O) groups is 1. The minimum Gasteiger partial charge on any atom is -0.372 e. The van der Waals surface area contributed by atoms with Gasteiger partial charge in [0, 0.05) is 35.5 Å². The topological polar surface area (TPSA) is 35.6 Å². The molecule has 1 amide bonds. The molecule has 1 aliphatic heterocycles. The van der Waals surface area contributed by atoms with E-state index in [9.17, 15) is 4.79 Å². The number of carbonyl (C=O) groups excluding carboxylic acids is 1. The Bertz CT molecular complexity index is 741. The molecule has 1 aliphatic rings. The Kier molecular flexibility index (Phi) is 6.17. The van der Waals surface area contributed by atoms with Crippen molar-refractivity contribution < 1.29 is 4.79 Å². The van der Waals surface area contributed by atoms with Crippen LogP contribution in [0.25, 0.3) is 0 Å². The molecule has 0 aliphatic carbocycles. The molecule has 1 heterocycles. The second kappa shape index (κ2) is 8.56. The number of halogens is 1. The van der Waals surface area contributed by atoms with E-state index in [0.717, 1.165) is 29.4 Å². The Hall–Kier alpha value is -2.04. The van der Waals surface area contributed by atoms with Crippen molar-refractivity contribution in [2.45, 2.75) is 25.8 Å². The number of nitrogens with zero attached hydrogens (tertiary/aromatic N) is 2. The van der Waals surface area contributed by atoms with Crippen LogP contribution in [0.2, 0.25) is 5.02 Å². The van der Waals surface area contributed by atoms with Crippen LogP contribution in [-0.2, 0) is 4.79 Å². The van der Waals surface area contributed by atoms with Crippen LogP contribution in [0.3, 0.4) is 0 Å². The lowest BCUT2D eigenvalue weighted by Gasteiger charge is -2.25. The van der Waals surface area contributed by atoms with Crippen LogP contribution < -0.4 is 10.2 Å².